The van der Waals surface area contributed by atoms with Crippen LogP contribution in [-0.4, -0.2) is 17.9 Å². The zero-order chi connectivity index (χ0) is 14.1. The minimum absolute atomic E-state index is 0.210. The lowest BCUT2D eigenvalue weighted by molar-refractivity contribution is 0.0223. The average molecular weight is 268 g/mol. The molecule has 0 N–H and O–H groups in total. The van der Waals surface area contributed by atoms with Gasteiger partial charge in [-0.2, -0.15) is 0 Å². The Bertz CT molecular complexity index is 286. The van der Waals surface area contributed by atoms with Crippen molar-refractivity contribution in [2.45, 2.75) is 83.8 Å². The summed E-state index contributed by atoms with van der Waals surface area (Å²) in [6.07, 6.45) is 11.9. The molecule has 0 aromatic heterocycles. The number of allylic oxidation sites excluding steroid dienone is 1. The predicted molar refractivity (Wildman–Crippen MR) is 77.2 cm³/mol. The molecule has 0 bridgehead atoms. The Morgan fingerprint density at radius 3 is 2.16 bits per heavy atom. The third-order valence-corrected chi connectivity index (χ3v) is 3.80. The monoisotopic (exact) mass is 268 g/mol. The molecule has 0 spiro atoms. The van der Waals surface area contributed by atoms with Crippen molar-refractivity contribution in [3.63, 3.8) is 0 Å². The second-order valence-corrected chi connectivity index (χ2v) is 5.40. The molecule has 1 fully saturated rings. The summed E-state index contributed by atoms with van der Waals surface area (Å²) in [6, 6.07) is 0. The topological polar surface area (TPSA) is 35.5 Å². The number of unbranched alkanes of at least 4 members (excludes halogenated alkanes) is 4. The maximum atomic E-state index is 11.5. The largest absolute Gasteiger partial charge is 0.509 e. The molecule has 0 saturated carbocycles. The summed E-state index contributed by atoms with van der Waals surface area (Å²) in [6.45, 7) is 6.32. The second kappa shape index (κ2) is 8.23. The quantitative estimate of drug-likeness (QED) is 0.335. The molecule has 0 aromatic rings. The van der Waals surface area contributed by atoms with Gasteiger partial charge in [-0.3, -0.25) is 0 Å². The van der Waals surface area contributed by atoms with Crippen molar-refractivity contribution < 1.29 is 14.3 Å². The summed E-state index contributed by atoms with van der Waals surface area (Å²) in [7, 11) is 0. The van der Waals surface area contributed by atoms with Crippen LogP contribution in [0.3, 0.4) is 0 Å². The highest BCUT2D eigenvalue weighted by molar-refractivity contribution is 5.64. The Kier molecular flexibility index (Phi) is 6.96. The number of rotatable bonds is 9. The van der Waals surface area contributed by atoms with E-state index in [-0.39, 0.29) is 6.10 Å². The molecule has 0 radical (unpaired) electrons. The fraction of sp³-hybridized carbons (Fsp3) is 0.812. The lowest BCUT2D eigenvalue weighted by Gasteiger charge is -2.29. The molecule has 19 heavy (non-hydrogen) atoms. The van der Waals surface area contributed by atoms with E-state index >= 15 is 0 Å². The molecule has 1 atom stereocenters. The van der Waals surface area contributed by atoms with E-state index in [9.17, 15) is 4.79 Å². The van der Waals surface area contributed by atoms with Crippen LogP contribution in [0.2, 0.25) is 0 Å². The maximum Gasteiger partial charge on any atom is 0.509 e. The van der Waals surface area contributed by atoms with E-state index in [4.69, 9.17) is 9.47 Å². The summed E-state index contributed by atoms with van der Waals surface area (Å²) in [5, 5.41) is 0. The van der Waals surface area contributed by atoms with Gasteiger partial charge in [-0.05, 0) is 38.7 Å². The first kappa shape index (κ1) is 16.1. The Hall–Kier alpha value is -0.990. The smallest absolute Gasteiger partial charge is 0.423 e. The van der Waals surface area contributed by atoms with Gasteiger partial charge in [-0.25, -0.2) is 4.79 Å². The molecule has 0 aromatic carbocycles. The first-order chi connectivity index (χ1) is 9.18. The van der Waals surface area contributed by atoms with Crippen LogP contribution in [0, 0.1) is 0 Å². The number of hydrogen-bond acceptors (Lipinski definition) is 3. The van der Waals surface area contributed by atoms with Gasteiger partial charge in [0.2, 0.25) is 0 Å². The molecule has 0 aliphatic carbocycles. The van der Waals surface area contributed by atoms with E-state index < -0.39 is 11.8 Å². The van der Waals surface area contributed by atoms with Gasteiger partial charge in [0.15, 0.2) is 11.7 Å². The highest BCUT2D eigenvalue weighted by atomic mass is 16.8. The number of carbonyl (C=O) groups excluding carboxylic acids is 1. The SMILES string of the molecule is C/C=C/[C@@H]1OC(=O)OC1(CCCCC)CCCCC. The van der Waals surface area contributed by atoms with Crippen molar-refractivity contribution in [1.29, 1.82) is 0 Å². The maximum absolute atomic E-state index is 11.5. The van der Waals surface area contributed by atoms with Gasteiger partial charge >= 0.3 is 6.16 Å². The molecule has 110 valence electrons. The number of carbonyl (C=O) groups is 1. The fourth-order valence-electron chi connectivity index (χ4n) is 2.71. The van der Waals surface area contributed by atoms with E-state index in [1.807, 2.05) is 19.1 Å². The van der Waals surface area contributed by atoms with E-state index in [0.29, 0.717) is 0 Å². The third-order valence-electron chi connectivity index (χ3n) is 3.80. The summed E-state index contributed by atoms with van der Waals surface area (Å²) >= 11 is 0. The Morgan fingerprint density at radius 1 is 1.11 bits per heavy atom. The summed E-state index contributed by atoms with van der Waals surface area (Å²) in [4.78, 5) is 11.5. The van der Waals surface area contributed by atoms with E-state index in [0.717, 1.165) is 25.7 Å². The summed E-state index contributed by atoms with van der Waals surface area (Å²) < 4.78 is 10.9. The molecule has 1 aliphatic rings. The first-order valence-corrected chi connectivity index (χ1v) is 7.71. The van der Waals surface area contributed by atoms with Gasteiger partial charge in [0.05, 0.1) is 0 Å². The summed E-state index contributed by atoms with van der Waals surface area (Å²) in [5.41, 5.74) is -0.423. The molecule has 1 aliphatic heterocycles. The summed E-state index contributed by atoms with van der Waals surface area (Å²) in [5.74, 6) is 0. The van der Waals surface area contributed by atoms with Crippen molar-refractivity contribution in [2.24, 2.45) is 0 Å². The molecular weight excluding hydrogens is 240 g/mol. The van der Waals surface area contributed by atoms with Crippen LogP contribution >= 0.6 is 0 Å². The molecule has 0 amide bonds. The van der Waals surface area contributed by atoms with Crippen LogP contribution in [0.15, 0.2) is 12.2 Å². The van der Waals surface area contributed by atoms with Crippen LogP contribution in [-0.2, 0) is 9.47 Å². The van der Waals surface area contributed by atoms with Gasteiger partial charge in [0.25, 0.3) is 0 Å². The third kappa shape index (κ3) is 4.55. The molecule has 3 nitrogen and oxygen atoms in total. The van der Waals surface area contributed by atoms with Crippen LogP contribution in [0.4, 0.5) is 4.79 Å². The molecular formula is C16H28O3. The zero-order valence-electron chi connectivity index (χ0n) is 12.6. The Morgan fingerprint density at radius 2 is 1.68 bits per heavy atom. The van der Waals surface area contributed by atoms with E-state index in [2.05, 4.69) is 13.8 Å². The highest BCUT2D eigenvalue weighted by Crippen LogP contribution is 2.37. The fourth-order valence-corrected chi connectivity index (χ4v) is 2.71. The second-order valence-electron chi connectivity index (χ2n) is 5.40. The van der Waals surface area contributed by atoms with Crippen LogP contribution in [0.1, 0.15) is 72.1 Å². The predicted octanol–water partition coefficient (Wildman–Crippen LogP) is 5.00. The first-order valence-electron chi connectivity index (χ1n) is 7.71. The van der Waals surface area contributed by atoms with Crippen LogP contribution < -0.4 is 0 Å². The van der Waals surface area contributed by atoms with Gasteiger partial charge in [0, 0.05) is 0 Å². The average Bonchev–Trinajstić information content (AvgIpc) is 2.67. The van der Waals surface area contributed by atoms with Crippen molar-refractivity contribution in [3.8, 4) is 0 Å². The molecule has 3 heteroatoms. The Balaban J connectivity index is 2.72. The van der Waals surface area contributed by atoms with Crippen molar-refractivity contribution in [1.82, 2.24) is 0 Å². The molecule has 1 heterocycles. The van der Waals surface area contributed by atoms with E-state index in [1.165, 1.54) is 25.7 Å². The minimum Gasteiger partial charge on any atom is -0.423 e. The normalized spacial score (nSPS) is 21.6. The molecule has 0 unspecified atom stereocenters. The number of hydrogen-bond donors (Lipinski definition) is 0. The van der Waals surface area contributed by atoms with Crippen LogP contribution in [0.5, 0.6) is 0 Å². The minimum atomic E-state index is -0.504. The zero-order valence-corrected chi connectivity index (χ0v) is 12.6. The van der Waals surface area contributed by atoms with Gasteiger partial charge in [0.1, 0.15) is 0 Å². The lowest BCUT2D eigenvalue weighted by atomic mass is 9.85. The highest BCUT2D eigenvalue weighted by Gasteiger charge is 2.48. The molecule has 1 saturated heterocycles. The molecule has 1 rings (SSSR count). The van der Waals surface area contributed by atoms with Gasteiger partial charge in [-0.15, -0.1) is 0 Å². The standard InChI is InChI=1S/C16H28O3/c1-4-7-9-12-16(13-10-8-5-2)14(11-6-3)18-15(17)19-16/h6,11,14H,4-5,7-10,12-13H2,1-3H3/b11-6+/t14-/m0/s1. The van der Waals surface area contributed by atoms with Crippen molar-refractivity contribution in [2.75, 3.05) is 0 Å². The van der Waals surface area contributed by atoms with Gasteiger partial charge in [-0.1, -0.05) is 45.6 Å². The van der Waals surface area contributed by atoms with Crippen LogP contribution in [0.25, 0.3) is 0 Å². The number of cyclic esters (lactones) is 2. The van der Waals surface area contributed by atoms with Crippen molar-refractivity contribution >= 4 is 6.16 Å². The Labute approximate surface area is 117 Å². The van der Waals surface area contributed by atoms with E-state index in [1.54, 1.807) is 0 Å². The lowest BCUT2D eigenvalue weighted by Crippen LogP contribution is -2.39. The number of ether oxygens (including phenoxy) is 2. The van der Waals surface area contributed by atoms with Crippen molar-refractivity contribution in [3.05, 3.63) is 12.2 Å². The van der Waals surface area contributed by atoms with Gasteiger partial charge < -0.3 is 9.47 Å².